The molecule has 21 heavy (non-hydrogen) atoms. The van der Waals surface area contributed by atoms with Crippen LogP contribution in [0.5, 0.6) is 0 Å². The van der Waals surface area contributed by atoms with Crippen LogP contribution in [0.3, 0.4) is 0 Å². The van der Waals surface area contributed by atoms with Crippen LogP contribution in [0.15, 0.2) is 47.9 Å². The number of benzene rings is 1. The number of hydrogen-bond donors (Lipinski definition) is 2. The molecule has 2 heterocycles. The van der Waals surface area contributed by atoms with Crippen LogP contribution in [0.25, 0.3) is 17.1 Å². The minimum Gasteiger partial charge on any atom is -0.481 e. The van der Waals surface area contributed by atoms with Crippen LogP contribution in [0.1, 0.15) is 0 Å². The summed E-state index contributed by atoms with van der Waals surface area (Å²) < 4.78 is 1.82. The molecule has 0 saturated carbocycles. The summed E-state index contributed by atoms with van der Waals surface area (Å²) in [6.07, 6.45) is 3.37. The first-order valence-electron chi connectivity index (χ1n) is 6.10. The monoisotopic (exact) mass is 301 g/mol. The van der Waals surface area contributed by atoms with Gasteiger partial charge < -0.3 is 5.11 Å². The van der Waals surface area contributed by atoms with Crippen molar-refractivity contribution in [3.63, 3.8) is 0 Å². The molecule has 0 aliphatic carbocycles. The Balaban J connectivity index is 2.08. The van der Waals surface area contributed by atoms with Gasteiger partial charge in [-0.25, -0.2) is 0 Å². The second kappa shape index (κ2) is 5.80. The van der Waals surface area contributed by atoms with E-state index in [0.29, 0.717) is 11.0 Å². The molecule has 2 N–H and O–H groups in total. The van der Waals surface area contributed by atoms with E-state index < -0.39 is 5.97 Å². The standard InChI is InChI=1S/C13H11N5O2S/c19-11(20)8-21-13-17-16-12(9-6-14-15-7-9)18(13)10-4-2-1-3-5-10/h1-7H,8H2,(H,14,15)(H,19,20). The SMILES string of the molecule is O=C(O)CSc1nnc(-c2cn[nH]c2)n1-c1ccccc1. The van der Waals surface area contributed by atoms with E-state index in [4.69, 9.17) is 5.11 Å². The largest absolute Gasteiger partial charge is 0.481 e. The fraction of sp³-hybridized carbons (Fsp3) is 0.0769. The van der Waals surface area contributed by atoms with Crippen molar-refractivity contribution < 1.29 is 9.90 Å². The highest BCUT2D eigenvalue weighted by molar-refractivity contribution is 7.99. The maximum atomic E-state index is 10.8. The van der Waals surface area contributed by atoms with Crippen molar-refractivity contribution in [2.45, 2.75) is 5.16 Å². The molecule has 106 valence electrons. The molecule has 0 radical (unpaired) electrons. The molecule has 3 aromatic rings. The van der Waals surface area contributed by atoms with Crippen LogP contribution >= 0.6 is 11.8 Å². The zero-order valence-electron chi connectivity index (χ0n) is 10.8. The summed E-state index contributed by atoms with van der Waals surface area (Å²) in [5, 5.41) is 24.2. The van der Waals surface area contributed by atoms with Crippen LogP contribution in [-0.2, 0) is 4.79 Å². The number of thioether (sulfide) groups is 1. The summed E-state index contributed by atoms with van der Waals surface area (Å²) in [4.78, 5) is 10.8. The highest BCUT2D eigenvalue weighted by atomic mass is 32.2. The van der Waals surface area contributed by atoms with Crippen molar-refractivity contribution in [3.8, 4) is 17.1 Å². The molecule has 0 aliphatic rings. The quantitative estimate of drug-likeness (QED) is 0.698. The number of rotatable bonds is 5. The average molecular weight is 301 g/mol. The number of aromatic amines is 1. The molecule has 8 heteroatoms. The Morgan fingerprint density at radius 2 is 2.10 bits per heavy atom. The van der Waals surface area contributed by atoms with Crippen LogP contribution in [0.2, 0.25) is 0 Å². The molecule has 3 rings (SSSR count). The summed E-state index contributed by atoms with van der Waals surface area (Å²) in [6.45, 7) is 0. The number of aliphatic carboxylic acids is 1. The number of para-hydroxylation sites is 1. The molecule has 0 amide bonds. The Morgan fingerprint density at radius 1 is 1.29 bits per heavy atom. The summed E-state index contributed by atoms with van der Waals surface area (Å²) in [5.74, 6) is -0.355. The molecule has 0 saturated heterocycles. The number of carbonyl (C=O) groups is 1. The molecular weight excluding hydrogens is 290 g/mol. The first-order chi connectivity index (χ1) is 10.3. The zero-order valence-corrected chi connectivity index (χ0v) is 11.6. The van der Waals surface area contributed by atoms with E-state index in [9.17, 15) is 4.79 Å². The Hall–Kier alpha value is -2.61. The van der Waals surface area contributed by atoms with Gasteiger partial charge in [-0.05, 0) is 12.1 Å². The third kappa shape index (κ3) is 2.79. The number of hydrogen-bond acceptors (Lipinski definition) is 5. The normalized spacial score (nSPS) is 10.7. The predicted molar refractivity (Wildman–Crippen MR) is 77.3 cm³/mol. The van der Waals surface area contributed by atoms with Crippen LogP contribution in [-0.4, -0.2) is 41.8 Å². The van der Waals surface area contributed by atoms with Gasteiger partial charge in [0.2, 0.25) is 0 Å². The number of H-pyrrole nitrogens is 1. The molecule has 0 atom stereocenters. The van der Waals surface area contributed by atoms with E-state index in [2.05, 4.69) is 20.4 Å². The first-order valence-corrected chi connectivity index (χ1v) is 7.09. The van der Waals surface area contributed by atoms with Gasteiger partial charge >= 0.3 is 5.97 Å². The fourth-order valence-corrected chi connectivity index (χ4v) is 2.53. The minimum atomic E-state index is -0.896. The van der Waals surface area contributed by atoms with Crippen molar-refractivity contribution in [2.75, 3.05) is 5.75 Å². The maximum absolute atomic E-state index is 10.8. The van der Waals surface area contributed by atoms with Crippen molar-refractivity contribution in [3.05, 3.63) is 42.7 Å². The number of carboxylic acid groups (broad SMARTS) is 1. The van der Waals surface area contributed by atoms with E-state index in [-0.39, 0.29) is 5.75 Å². The van der Waals surface area contributed by atoms with Gasteiger partial charge in [-0.2, -0.15) is 5.10 Å². The smallest absolute Gasteiger partial charge is 0.313 e. The number of nitrogens with one attached hydrogen (secondary N) is 1. The molecule has 7 nitrogen and oxygen atoms in total. The molecule has 0 bridgehead atoms. The Labute approximate surface area is 124 Å². The van der Waals surface area contributed by atoms with Crippen LogP contribution in [0.4, 0.5) is 0 Å². The average Bonchev–Trinajstić information content (AvgIpc) is 3.15. The third-order valence-corrected chi connectivity index (χ3v) is 3.64. The van der Waals surface area contributed by atoms with Gasteiger partial charge in [0, 0.05) is 11.9 Å². The topological polar surface area (TPSA) is 96.7 Å². The van der Waals surface area contributed by atoms with Crippen molar-refractivity contribution >= 4 is 17.7 Å². The summed E-state index contributed by atoms with van der Waals surface area (Å²) in [5.41, 5.74) is 1.65. The molecular formula is C13H11N5O2S. The Bertz CT molecular complexity index is 739. The van der Waals surface area contributed by atoms with Crippen molar-refractivity contribution in [2.24, 2.45) is 0 Å². The zero-order chi connectivity index (χ0) is 14.7. The highest BCUT2D eigenvalue weighted by Crippen LogP contribution is 2.27. The first kappa shape index (κ1) is 13.4. The maximum Gasteiger partial charge on any atom is 0.313 e. The lowest BCUT2D eigenvalue weighted by Gasteiger charge is -2.08. The van der Waals surface area contributed by atoms with Gasteiger partial charge in [0.25, 0.3) is 0 Å². The van der Waals surface area contributed by atoms with Gasteiger partial charge in [-0.3, -0.25) is 14.5 Å². The van der Waals surface area contributed by atoms with Gasteiger partial charge in [0.15, 0.2) is 11.0 Å². The second-order valence-electron chi connectivity index (χ2n) is 4.15. The van der Waals surface area contributed by atoms with Gasteiger partial charge in [0.05, 0.1) is 17.5 Å². The number of nitrogens with zero attached hydrogens (tertiary/aromatic N) is 4. The summed E-state index contributed by atoms with van der Waals surface area (Å²) in [6, 6.07) is 9.55. The lowest BCUT2D eigenvalue weighted by molar-refractivity contribution is -0.133. The van der Waals surface area contributed by atoms with Crippen LogP contribution in [0, 0.1) is 0 Å². The fourth-order valence-electron chi connectivity index (χ4n) is 1.86. The second-order valence-corrected chi connectivity index (χ2v) is 5.09. The Kier molecular flexibility index (Phi) is 3.69. The molecule has 2 aromatic heterocycles. The van der Waals surface area contributed by atoms with Gasteiger partial charge in [-0.1, -0.05) is 30.0 Å². The molecule has 0 aliphatic heterocycles. The molecule has 0 spiro atoms. The summed E-state index contributed by atoms with van der Waals surface area (Å²) >= 11 is 1.13. The lowest BCUT2D eigenvalue weighted by atomic mass is 10.3. The van der Waals surface area contributed by atoms with Gasteiger partial charge in [-0.15, -0.1) is 10.2 Å². The van der Waals surface area contributed by atoms with Crippen molar-refractivity contribution in [1.29, 1.82) is 0 Å². The molecule has 0 unspecified atom stereocenters. The van der Waals surface area contributed by atoms with E-state index in [1.165, 1.54) is 0 Å². The minimum absolute atomic E-state index is 0.0731. The predicted octanol–water partition coefficient (Wildman–Crippen LogP) is 1.83. The summed E-state index contributed by atoms with van der Waals surface area (Å²) in [7, 11) is 0. The molecule has 1 aromatic carbocycles. The molecule has 0 fully saturated rings. The van der Waals surface area contributed by atoms with E-state index >= 15 is 0 Å². The Morgan fingerprint density at radius 3 is 2.76 bits per heavy atom. The number of carboxylic acids is 1. The number of aromatic nitrogens is 5. The van der Waals surface area contributed by atoms with Gasteiger partial charge in [0.1, 0.15) is 0 Å². The van der Waals surface area contributed by atoms with E-state index in [0.717, 1.165) is 23.0 Å². The van der Waals surface area contributed by atoms with Crippen molar-refractivity contribution in [1.82, 2.24) is 25.0 Å². The van der Waals surface area contributed by atoms with E-state index in [1.807, 2.05) is 34.9 Å². The highest BCUT2D eigenvalue weighted by Gasteiger charge is 2.17. The lowest BCUT2D eigenvalue weighted by Crippen LogP contribution is -2.02. The third-order valence-electron chi connectivity index (χ3n) is 2.73. The van der Waals surface area contributed by atoms with Crippen LogP contribution < -0.4 is 0 Å². The van der Waals surface area contributed by atoms with E-state index in [1.54, 1.807) is 12.4 Å².